The van der Waals surface area contributed by atoms with E-state index in [1.807, 2.05) is 24.3 Å². The normalized spacial score (nSPS) is 15.6. The van der Waals surface area contributed by atoms with Crippen LogP contribution in [0.2, 0.25) is 5.02 Å². The van der Waals surface area contributed by atoms with Crippen LogP contribution < -0.4 is 5.32 Å². The van der Waals surface area contributed by atoms with Gasteiger partial charge in [-0.3, -0.25) is 4.99 Å². The van der Waals surface area contributed by atoms with E-state index in [9.17, 15) is 0 Å². The van der Waals surface area contributed by atoms with E-state index in [1.165, 1.54) is 11.1 Å². The number of nitrogens with zero attached hydrogens (tertiary/aromatic N) is 1. The van der Waals surface area contributed by atoms with Crippen molar-refractivity contribution in [1.82, 2.24) is 5.32 Å². The Labute approximate surface area is 134 Å². The first-order valence-corrected chi connectivity index (χ1v) is 8.41. The highest BCUT2D eigenvalue weighted by Gasteiger charge is 2.16. The standard InChI is InChI=1S/C17H17ClN2S/c18-15-8-4-7-14(11-15)16(13-5-2-1-3-6-13)12-20-17-19-9-10-21-17/h1-8,11,16H,9-10,12H2,(H,19,20). The lowest BCUT2D eigenvalue weighted by Gasteiger charge is -2.19. The van der Waals surface area contributed by atoms with Crippen molar-refractivity contribution in [2.75, 3.05) is 18.8 Å². The van der Waals surface area contributed by atoms with Crippen LogP contribution in [0.25, 0.3) is 0 Å². The van der Waals surface area contributed by atoms with Crippen molar-refractivity contribution in [2.24, 2.45) is 4.99 Å². The molecule has 3 rings (SSSR count). The summed E-state index contributed by atoms with van der Waals surface area (Å²) in [6.45, 7) is 1.75. The second-order valence-electron chi connectivity index (χ2n) is 4.93. The molecule has 1 aliphatic heterocycles. The number of nitrogens with one attached hydrogen (secondary N) is 1. The third-order valence-electron chi connectivity index (χ3n) is 3.50. The Kier molecular flexibility index (Phi) is 4.84. The zero-order valence-electron chi connectivity index (χ0n) is 11.6. The number of thioether (sulfide) groups is 1. The topological polar surface area (TPSA) is 24.4 Å². The zero-order chi connectivity index (χ0) is 14.5. The van der Waals surface area contributed by atoms with Crippen LogP contribution in [0.5, 0.6) is 0 Å². The van der Waals surface area contributed by atoms with Gasteiger partial charge in [-0.1, -0.05) is 65.8 Å². The first-order valence-electron chi connectivity index (χ1n) is 7.04. The van der Waals surface area contributed by atoms with Crippen molar-refractivity contribution in [3.05, 3.63) is 70.7 Å². The van der Waals surface area contributed by atoms with Crippen molar-refractivity contribution in [3.63, 3.8) is 0 Å². The maximum Gasteiger partial charge on any atom is 0.156 e. The molecule has 1 aliphatic rings. The largest absolute Gasteiger partial charge is 0.364 e. The Morgan fingerprint density at radius 3 is 2.62 bits per heavy atom. The summed E-state index contributed by atoms with van der Waals surface area (Å²) >= 11 is 7.95. The molecule has 0 amide bonds. The summed E-state index contributed by atoms with van der Waals surface area (Å²) < 4.78 is 0. The predicted molar refractivity (Wildman–Crippen MR) is 92.5 cm³/mol. The van der Waals surface area contributed by atoms with E-state index in [0.29, 0.717) is 0 Å². The summed E-state index contributed by atoms with van der Waals surface area (Å²) in [5.41, 5.74) is 2.51. The number of amidine groups is 1. The first-order chi connectivity index (χ1) is 10.3. The van der Waals surface area contributed by atoms with Crippen LogP contribution in [0.1, 0.15) is 17.0 Å². The number of benzene rings is 2. The molecule has 2 aromatic carbocycles. The van der Waals surface area contributed by atoms with E-state index in [2.05, 4.69) is 40.6 Å². The number of hydrogen-bond acceptors (Lipinski definition) is 3. The fourth-order valence-corrected chi connectivity index (χ4v) is 3.41. The van der Waals surface area contributed by atoms with Gasteiger partial charge in [0.1, 0.15) is 0 Å². The van der Waals surface area contributed by atoms with Crippen LogP contribution in [0.3, 0.4) is 0 Å². The summed E-state index contributed by atoms with van der Waals surface area (Å²) in [7, 11) is 0. The molecule has 1 N–H and O–H groups in total. The zero-order valence-corrected chi connectivity index (χ0v) is 13.2. The van der Waals surface area contributed by atoms with Gasteiger partial charge in [0.2, 0.25) is 0 Å². The van der Waals surface area contributed by atoms with Crippen molar-refractivity contribution in [1.29, 1.82) is 0 Å². The third kappa shape index (κ3) is 3.80. The lowest BCUT2D eigenvalue weighted by atomic mass is 9.91. The minimum Gasteiger partial charge on any atom is -0.364 e. The average molecular weight is 317 g/mol. The van der Waals surface area contributed by atoms with Crippen LogP contribution in [0.4, 0.5) is 0 Å². The Morgan fingerprint density at radius 2 is 1.90 bits per heavy atom. The van der Waals surface area contributed by atoms with Crippen LogP contribution in [-0.2, 0) is 0 Å². The van der Waals surface area contributed by atoms with Crippen LogP contribution in [0, 0.1) is 0 Å². The van der Waals surface area contributed by atoms with Crippen LogP contribution in [0.15, 0.2) is 59.6 Å². The molecule has 1 unspecified atom stereocenters. The molecule has 4 heteroatoms. The van der Waals surface area contributed by atoms with Gasteiger partial charge in [-0.2, -0.15) is 0 Å². The predicted octanol–water partition coefficient (Wildman–Crippen LogP) is 4.16. The molecule has 1 atom stereocenters. The molecule has 2 aromatic rings. The molecule has 0 saturated heterocycles. The van der Waals surface area contributed by atoms with Crippen molar-refractivity contribution < 1.29 is 0 Å². The lowest BCUT2D eigenvalue weighted by Crippen LogP contribution is -2.26. The third-order valence-corrected chi connectivity index (χ3v) is 4.66. The Balaban J connectivity index is 1.84. The second kappa shape index (κ2) is 7.01. The number of aliphatic imine (C=N–C) groups is 1. The number of halogens is 1. The summed E-state index contributed by atoms with van der Waals surface area (Å²) in [4.78, 5) is 4.45. The first kappa shape index (κ1) is 14.5. The minimum absolute atomic E-state index is 0.272. The highest BCUT2D eigenvalue weighted by Crippen LogP contribution is 2.26. The van der Waals surface area contributed by atoms with E-state index in [4.69, 9.17) is 11.6 Å². The quantitative estimate of drug-likeness (QED) is 0.915. The van der Waals surface area contributed by atoms with E-state index in [1.54, 1.807) is 11.8 Å². The summed E-state index contributed by atoms with van der Waals surface area (Å²) in [6, 6.07) is 18.6. The highest BCUT2D eigenvalue weighted by molar-refractivity contribution is 8.14. The van der Waals surface area contributed by atoms with E-state index in [-0.39, 0.29) is 5.92 Å². The van der Waals surface area contributed by atoms with E-state index in [0.717, 1.165) is 29.0 Å². The SMILES string of the molecule is Clc1cccc(C(CNC2=NCCS2)c2ccccc2)c1. The fourth-order valence-electron chi connectivity index (χ4n) is 2.47. The maximum atomic E-state index is 6.16. The molecule has 0 spiro atoms. The molecular formula is C17H17ClN2S. The molecule has 0 aliphatic carbocycles. The Hall–Kier alpha value is -1.45. The summed E-state index contributed by atoms with van der Waals surface area (Å²) in [5, 5.41) is 5.30. The monoisotopic (exact) mass is 316 g/mol. The van der Waals surface area contributed by atoms with Gasteiger partial charge >= 0.3 is 0 Å². The van der Waals surface area contributed by atoms with Crippen molar-refractivity contribution >= 4 is 28.5 Å². The van der Waals surface area contributed by atoms with Gasteiger partial charge in [0.15, 0.2) is 5.17 Å². The number of rotatable bonds is 4. The van der Waals surface area contributed by atoms with E-state index >= 15 is 0 Å². The van der Waals surface area contributed by atoms with Crippen LogP contribution in [-0.4, -0.2) is 24.0 Å². The lowest BCUT2D eigenvalue weighted by molar-refractivity contribution is 0.761. The Bertz CT molecular complexity index is 628. The summed E-state index contributed by atoms with van der Waals surface area (Å²) in [6.07, 6.45) is 0. The second-order valence-corrected chi connectivity index (χ2v) is 6.45. The maximum absolute atomic E-state index is 6.16. The minimum atomic E-state index is 0.272. The molecular weight excluding hydrogens is 300 g/mol. The summed E-state index contributed by atoms with van der Waals surface area (Å²) in [5.74, 6) is 1.35. The van der Waals surface area contributed by atoms with Gasteiger partial charge in [0.25, 0.3) is 0 Å². The molecule has 0 fully saturated rings. The molecule has 0 aromatic heterocycles. The van der Waals surface area contributed by atoms with Crippen molar-refractivity contribution in [3.8, 4) is 0 Å². The molecule has 2 nitrogen and oxygen atoms in total. The average Bonchev–Trinajstić information content (AvgIpc) is 3.02. The van der Waals surface area contributed by atoms with Gasteiger partial charge < -0.3 is 5.32 Å². The van der Waals surface area contributed by atoms with Gasteiger partial charge in [0, 0.05) is 23.2 Å². The van der Waals surface area contributed by atoms with Crippen molar-refractivity contribution in [2.45, 2.75) is 5.92 Å². The fraction of sp³-hybridized carbons (Fsp3) is 0.235. The van der Waals surface area contributed by atoms with Gasteiger partial charge in [-0.25, -0.2) is 0 Å². The molecule has 21 heavy (non-hydrogen) atoms. The molecule has 1 heterocycles. The molecule has 0 radical (unpaired) electrons. The van der Waals surface area contributed by atoms with Gasteiger partial charge in [-0.05, 0) is 23.3 Å². The number of hydrogen-bond donors (Lipinski definition) is 1. The van der Waals surface area contributed by atoms with Gasteiger partial charge in [-0.15, -0.1) is 0 Å². The van der Waals surface area contributed by atoms with Gasteiger partial charge in [0.05, 0.1) is 6.54 Å². The Morgan fingerprint density at radius 1 is 1.10 bits per heavy atom. The molecule has 0 saturated carbocycles. The molecule has 108 valence electrons. The van der Waals surface area contributed by atoms with E-state index < -0.39 is 0 Å². The smallest absolute Gasteiger partial charge is 0.156 e. The molecule has 0 bridgehead atoms. The van der Waals surface area contributed by atoms with Crippen LogP contribution >= 0.6 is 23.4 Å². The highest BCUT2D eigenvalue weighted by atomic mass is 35.5.